The smallest absolute Gasteiger partial charge is 0.341 e. The number of esters is 1. The Bertz CT molecular complexity index is 664. The van der Waals surface area contributed by atoms with Crippen molar-refractivity contribution in [1.82, 2.24) is 0 Å². The topological polar surface area (TPSA) is 76.0 Å². The first kappa shape index (κ1) is 18.1. The van der Waals surface area contributed by atoms with Gasteiger partial charge in [0.15, 0.2) is 11.5 Å². The molecule has 0 aliphatic carbocycles. The van der Waals surface area contributed by atoms with Crippen LogP contribution in [-0.4, -0.2) is 30.4 Å². The van der Waals surface area contributed by atoms with E-state index in [9.17, 15) is 9.90 Å². The van der Waals surface area contributed by atoms with Gasteiger partial charge in [0, 0.05) is 0 Å². The first-order valence-electron chi connectivity index (χ1n) is 6.86. The second kappa shape index (κ2) is 9.15. The number of carbonyl (C=O) groups is 1. The van der Waals surface area contributed by atoms with Crippen LogP contribution in [0.25, 0.3) is 0 Å². The highest BCUT2D eigenvalue weighted by atomic mass is 16.5. The molecule has 2 N–H and O–H groups in total. The van der Waals surface area contributed by atoms with E-state index in [1.165, 1.54) is 26.4 Å². The number of para-hydroxylation sites is 1. The van der Waals surface area contributed by atoms with E-state index in [2.05, 4.69) is 11.3 Å². The van der Waals surface area contributed by atoms with E-state index in [0.717, 1.165) is 12.0 Å². The number of phenolic OH excluding ortho intramolecular Hbond substituents is 2. The lowest BCUT2D eigenvalue weighted by Crippen LogP contribution is -2.00. The van der Waals surface area contributed by atoms with Gasteiger partial charge in [-0.1, -0.05) is 24.3 Å². The molecular weight excluding hydrogens is 296 g/mol. The van der Waals surface area contributed by atoms with E-state index >= 15 is 0 Å². The van der Waals surface area contributed by atoms with Crippen molar-refractivity contribution in [1.29, 1.82) is 0 Å². The summed E-state index contributed by atoms with van der Waals surface area (Å²) in [5, 5.41) is 18.4. The maximum absolute atomic E-state index is 10.9. The quantitative estimate of drug-likeness (QED) is 0.668. The molecule has 0 atom stereocenters. The molecule has 5 heteroatoms. The molecule has 0 saturated carbocycles. The number of hydrogen-bond acceptors (Lipinski definition) is 5. The van der Waals surface area contributed by atoms with Gasteiger partial charge in [-0.2, -0.15) is 0 Å². The van der Waals surface area contributed by atoms with Crippen molar-refractivity contribution in [3.05, 3.63) is 66.2 Å². The molecule has 0 radical (unpaired) electrons. The number of carbonyl (C=O) groups excluding carboxylic acids is 1. The number of benzene rings is 2. The highest BCUT2D eigenvalue weighted by Crippen LogP contribution is 2.26. The van der Waals surface area contributed by atoms with Crippen molar-refractivity contribution in [2.24, 2.45) is 0 Å². The van der Waals surface area contributed by atoms with Crippen molar-refractivity contribution < 1.29 is 24.5 Å². The van der Waals surface area contributed by atoms with Gasteiger partial charge in [-0.3, -0.25) is 0 Å². The van der Waals surface area contributed by atoms with Gasteiger partial charge in [0.1, 0.15) is 11.3 Å². The maximum atomic E-state index is 10.9. The summed E-state index contributed by atoms with van der Waals surface area (Å²) < 4.78 is 9.37. The van der Waals surface area contributed by atoms with Crippen LogP contribution in [-0.2, 0) is 11.2 Å². The number of rotatable bonds is 4. The van der Waals surface area contributed by atoms with Crippen molar-refractivity contribution in [2.75, 3.05) is 14.2 Å². The third-order valence-corrected chi connectivity index (χ3v) is 2.93. The van der Waals surface area contributed by atoms with Gasteiger partial charge in [-0.15, -0.1) is 6.58 Å². The van der Waals surface area contributed by atoms with Gasteiger partial charge in [0.25, 0.3) is 0 Å². The van der Waals surface area contributed by atoms with Gasteiger partial charge < -0.3 is 19.7 Å². The first-order chi connectivity index (χ1) is 11.0. The third kappa shape index (κ3) is 5.39. The summed E-state index contributed by atoms with van der Waals surface area (Å²) in [6, 6.07) is 11.5. The predicted octanol–water partition coefficient (Wildman–Crippen LogP) is 3.31. The SMILES string of the molecule is C=CCc1ccc(O)c(OC)c1.COC(=O)c1ccccc1O. The standard InChI is InChI=1S/C10H12O2.C8H8O3/c1-3-4-8-5-6-9(11)10(7-8)12-2;1-11-8(10)6-4-2-3-5-7(6)9/h3,5-7,11H,1,4H2,2H3;2-5,9H,1H3. The monoisotopic (exact) mass is 316 g/mol. The van der Waals surface area contributed by atoms with E-state index in [0.29, 0.717) is 5.75 Å². The summed E-state index contributed by atoms with van der Waals surface area (Å²) in [5.41, 5.74) is 1.27. The van der Waals surface area contributed by atoms with Crippen molar-refractivity contribution >= 4 is 5.97 Å². The number of methoxy groups -OCH3 is 2. The van der Waals surface area contributed by atoms with Crippen LogP contribution in [0.5, 0.6) is 17.2 Å². The molecule has 122 valence electrons. The Labute approximate surface area is 135 Å². The summed E-state index contributed by atoms with van der Waals surface area (Å²) in [4.78, 5) is 10.9. The molecule has 2 aromatic carbocycles. The van der Waals surface area contributed by atoms with Gasteiger partial charge in [-0.25, -0.2) is 4.79 Å². The van der Waals surface area contributed by atoms with Crippen LogP contribution in [0.3, 0.4) is 0 Å². The number of hydrogen-bond donors (Lipinski definition) is 2. The van der Waals surface area contributed by atoms with Gasteiger partial charge in [0.2, 0.25) is 0 Å². The zero-order valence-electron chi connectivity index (χ0n) is 13.2. The summed E-state index contributed by atoms with van der Waals surface area (Å²) in [7, 11) is 2.81. The fraction of sp³-hybridized carbons (Fsp3) is 0.167. The van der Waals surface area contributed by atoms with E-state index in [4.69, 9.17) is 9.84 Å². The van der Waals surface area contributed by atoms with E-state index in [-0.39, 0.29) is 17.1 Å². The lowest BCUT2D eigenvalue weighted by atomic mass is 10.1. The molecule has 2 aromatic rings. The Morgan fingerprint density at radius 1 is 1.13 bits per heavy atom. The maximum Gasteiger partial charge on any atom is 0.341 e. The number of aromatic hydroxyl groups is 2. The van der Waals surface area contributed by atoms with Crippen LogP contribution < -0.4 is 4.74 Å². The van der Waals surface area contributed by atoms with Crippen molar-refractivity contribution in [2.45, 2.75) is 6.42 Å². The molecule has 0 bridgehead atoms. The number of allylic oxidation sites excluding steroid dienone is 1. The van der Waals surface area contributed by atoms with E-state index < -0.39 is 5.97 Å². The Morgan fingerprint density at radius 3 is 2.39 bits per heavy atom. The first-order valence-corrected chi connectivity index (χ1v) is 6.86. The normalized spacial score (nSPS) is 9.30. The average Bonchev–Trinajstić information content (AvgIpc) is 2.57. The van der Waals surface area contributed by atoms with Gasteiger partial charge in [0.05, 0.1) is 14.2 Å². The highest BCUT2D eigenvalue weighted by molar-refractivity contribution is 5.92. The molecule has 23 heavy (non-hydrogen) atoms. The lowest BCUT2D eigenvalue weighted by Gasteiger charge is -2.04. The largest absolute Gasteiger partial charge is 0.507 e. The Balaban J connectivity index is 0.000000231. The molecule has 0 aliphatic heterocycles. The van der Waals surface area contributed by atoms with E-state index in [1.807, 2.05) is 12.1 Å². The third-order valence-electron chi connectivity index (χ3n) is 2.93. The van der Waals surface area contributed by atoms with Crippen LogP contribution >= 0.6 is 0 Å². The molecule has 0 fully saturated rings. The minimum absolute atomic E-state index is 0.0562. The summed E-state index contributed by atoms with van der Waals surface area (Å²) >= 11 is 0. The fourth-order valence-corrected chi connectivity index (χ4v) is 1.77. The van der Waals surface area contributed by atoms with Gasteiger partial charge in [-0.05, 0) is 36.2 Å². The Morgan fingerprint density at radius 2 is 1.83 bits per heavy atom. The lowest BCUT2D eigenvalue weighted by molar-refractivity contribution is 0.0597. The molecule has 5 nitrogen and oxygen atoms in total. The van der Waals surface area contributed by atoms with Gasteiger partial charge >= 0.3 is 5.97 Å². The molecule has 0 heterocycles. The summed E-state index contributed by atoms with van der Waals surface area (Å²) in [6.45, 7) is 3.63. The Hall–Kier alpha value is -2.95. The molecule has 0 amide bonds. The fourth-order valence-electron chi connectivity index (χ4n) is 1.77. The summed E-state index contributed by atoms with van der Waals surface area (Å²) in [6.07, 6.45) is 2.60. The van der Waals surface area contributed by atoms with Crippen LogP contribution in [0.4, 0.5) is 0 Å². The van der Waals surface area contributed by atoms with Crippen LogP contribution in [0, 0.1) is 0 Å². The average molecular weight is 316 g/mol. The Kier molecular flexibility index (Phi) is 7.20. The number of phenols is 2. The highest BCUT2D eigenvalue weighted by Gasteiger charge is 2.08. The predicted molar refractivity (Wildman–Crippen MR) is 88.0 cm³/mol. The zero-order valence-corrected chi connectivity index (χ0v) is 13.2. The van der Waals surface area contributed by atoms with Crippen molar-refractivity contribution in [3.8, 4) is 17.2 Å². The molecular formula is C18H20O5. The zero-order chi connectivity index (χ0) is 17.2. The molecule has 0 unspecified atom stereocenters. The molecule has 0 aliphatic rings. The summed E-state index contributed by atoms with van der Waals surface area (Å²) in [5.74, 6) is 0.0992. The number of ether oxygens (including phenoxy) is 2. The van der Waals surface area contributed by atoms with Crippen LogP contribution in [0.2, 0.25) is 0 Å². The van der Waals surface area contributed by atoms with E-state index in [1.54, 1.807) is 24.3 Å². The molecule has 0 spiro atoms. The second-order valence-electron chi connectivity index (χ2n) is 4.51. The molecule has 2 rings (SSSR count). The van der Waals surface area contributed by atoms with Crippen molar-refractivity contribution in [3.63, 3.8) is 0 Å². The molecule has 0 aromatic heterocycles. The minimum atomic E-state index is -0.525. The van der Waals surface area contributed by atoms with Crippen LogP contribution in [0.15, 0.2) is 55.1 Å². The second-order valence-corrected chi connectivity index (χ2v) is 4.51. The molecule has 0 saturated heterocycles. The van der Waals surface area contributed by atoms with Crippen LogP contribution in [0.1, 0.15) is 15.9 Å². The minimum Gasteiger partial charge on any atom is -0.507 e.